The van der Waals surface area contributed by atoms with Crippen molar-refractivity contribution in [1.82, 2.24) is 0 Å². The molecule has 0 aromatic heterocycles. The van der Waals surface area contributed by atoms with Crippen molar-refractivity contribution in [3.05, 3.63) is 71.3 Å². The van der Waals surface area contributed by atoms with Gasteiger partial charge in [0.15, 0.2) is 5.78 Å². The van der Waals surface area contributed by atoms with E-state index < -0.39 is 0 Å². The van der Waals surface area contributed by atoms with Gasteiger partial charge in [0.05, 0.1) is 20.3 Å². The average molecular weight is 385 g/mol. The van der Waals surface area contributed by atoms with Gasteiger partial charge in [-0.25, -0.2) is 0 Å². The monoisotopic (exact) mass is 385 g/mol. The summed E-state index contributed by atoms with van der Waals surface area (Å²) in [5.74, 6) is 1.71. The van der Waals surface area contributed by atoms with Crippen molar-refractivity contribution in [1.29, 1.82) is 0 Å². The van der Waals surface area contributed by atoms with E-state index in [1.165, 1.54) is 21.9 Å². The molecule has 1 N–H and O–H groups in total. The lowest BCUT2D eigenvalue weighted by molar-refractivity contribution is -0.116. The number of anilines is 1. The minimum Gasteiger partial charge on any atom is -0.497 e. The summed E-state index contributed by atoms with van der Waals surface area (Å²) < 4.78 is 11.1. The Morgan fingerprint density at radius 2 is 1.83 bits per heavy atom. The lowest BCUT2D eigenvalue weighted by Crippen LogP contribution is -2.27. The van der Waals surface area contributed by atoms with Crippen molar-refractivity contribution in [3.8, 4) is 11.5 Å². The van der Waals surface area contributed by atoms with Gasteiger partial charge in [-0.05, 0) is 53.5 Å². The van der Waals surface area contributed by atoms with E-state index in [0.717, 1.165) is 41.2 Å². The molecule has 1 aliphatic carbocycles. The number of hydrogen-bond donors (Lipinski definition) is 1. The summed E-state index contributed by atoms with van der Waals surface area (Å²) in [4.78, 5) is 13.1. The predicted molar refractivity (Wildman–Crippen MR) is 116 cm³/mol. The first-order valence-corrected chi connectivity index (χ1v) is 9.98. The van der Waals surface area contributed by atoms with Crippen LogP contribution < -0.4 is 14.8 Å². The van der Waals surface area contributed by atoms with E-state index in [0.29, 0.717) is 6.42 Å². The summed E-state index contributed by atoms with van der Waals surface area (Å²) >= 11 is 0. The van der Waals surface area contributed by atoms with Crippen LogP contribution in [-0.2, 0) is 4.79 Å². The fourth-order valence-corrected chi connectivity index (χ4v) is 4.70. The molecule has 2 aliphatic rings. The molecule has 29 heavy (non-hydrogen) atoms. The van der Waals surface area contributed by atoms with Gasteiger partial charge in [0.1, 0.15) is 11.5 Å². The van der Waals surface area contributed by atoms with Crippen molar-refractivity contribution < 1.29 is 14.3 Å². The fraction of sp³-hybridized carbons (Fsp3) is 0.240. The molecule has 1 heterocycles. The zero-order valence-corrected chi connectivity index (χ0v) is 16.6. The molecule has 0 saturated carbocycles. The van der Waals surface area contributed by atoms with Crippen molar-refractivity contribution in [2.45, 2.75) is 25.3 Å². The van der Waals surface area contributed by atoms with Crippen LogP contribution in [-0.4, -0.2) is 20.0 Å². The largest absolute Gasteiger partial charge is 0.497 e. The highest BCUT2D eigenvalue weighted by atomic mass is 16.5. The van der Waals surface area contributed by atoms with Gasteiger partial charge < -0.3 is 14.8 Å². The number of Topliss-reactive ketones (excluding diaryl/α,β-unsaturated/α-hetero) is 1. The van der Waals surface area contributed by atoms with E-state index in [2.05, 4.69) is 41.7 Å². The molecule has 0 bridgehead atoms. The zero-order chi connectivity index (χ0) is 20.0. The number of ketones is 1. The van der Waals surface area contributed by atoms with Gasteiger partial charge in [0.25, 0.3) is 0 Å². The molecule has 146 valence electrons. The SMILES string of the molecule is COc1ccc(OC)c([C@H]2Nc3ccc4ccccc4c3C3=C2C(=O)CCC3)c1. The van der Waals surface area contributed by atoms with Gasteiger partial charge in [-0.3, -0.25) is 4.79 Å². The molecule has 3 aromatic rings. The first-order chi connectivity index (χ1) is 14.2. The van der Waals surface area contributed by atoms with Gasteiger partial charge in [0, 0.05) is 28.8 Å². The van der Waals surface area contributed by atoms with Crippen LogP contribution in [0.15, 0.2) is 60.2 Å². The molecule has 0 saturated heterocycles. The fourth-order valence-electron chi connectivity index (χ4n) is 4.70. The summed E-state index contributed by atoms with van der Waals surface area (Å²) in [6.07, 6.45) is 2.39. The number of methoxy groups -OCH3 is 2. The Balaban J connectivity index is 1.78. The molecule has 0 fully saturated rings. The van der Waals surface area contributed by atoms with E-state index in [9.17, 15) is 4.79 Å². The molecule has 0 unspecified atom stereocenters. The predicted octanol–water partition coefficient (Wildman–Crippen LogP) is 5.53. The third kappa shape index (κ3) is 2.79. The van der Waals surface area contributed by atoms with Crippen LogP contribution in [0.4, 0.5) is 5.69 Å². The van der Waals surface area contributed by atoms with Gasteiger partial charge in [-0.15, -0.1) is 0 Å². The van der Waals surface area contributed by atoms with E-state index in [1.807, 2.05) is 18.2 Å². The normalized spacial score (nSPS) is 18.1. The molecule has 4 heteroatoms. The van der Waals surface area contributed by atoms with Crippen molar-refractivity contribution in [3.63, 3.8) is 0 Å². The molecule has 1 atom stereocenters. The minimum absolute atomic E-state index is 0.215. The van der Waals surface area contributed by atoms with Crippen LogP contribution in [0.3, 0.4) is 0 Å². The van der Waals surface area contributed by atoms with Gasteiger partial charge >= 0.3 is 0 Å². The van der Waals surface area contributed by atoms with E-state index in [-0.39, 0.29) is 11.8 Å². The Labute approximate surface area is 170 Å². The number of benzene rings is 3. The number of carbonyl (C=O) groups is 1. The smallest absolute Gasteiger partial charge is 0.161 e. The molecule has 0 spiro atoms. The van der Waals surface area contributed by atoms with Crippen LogP contribution in [0.25, 0.3) is 16.3 Å². The van der Waals surface area contributed by atoms with Crippen molar-refractivity contribution in [2.75, 3.05) is 19.5 Å². The summed E-state index contributed by atoms with van der Waals surface area (Å²) in [6.45, 7) is 0. The Morgan fingerprint density at radius 3 is 2.66 bits per heavy atom. The topological polar surface area (TPSA) is 47.6 Å². The first-order valence-electron chi connectivity index (χ1n) is 9.98. The number of rotatable bonds is 3. The number of carbonyl (C=O) groups excluding carboxylic acids is 1. The maximum Gasteiger partial charge on any atom is 0.161 e. The Bertz CT molecular complexity index is 1160. The second-order valence-electron chi connectivity index (χ2n) is 7.56. The molecule has 5 rings (SSSR count). The van der Waals surface area contributed by atoms with Crippen LogP contribution in [0.2, 0.25) is 0 Å². The van der Waals surface area contributed by atoms with Crippen LogP contribution in [0.1, 0.15) is 36.4 Å². The van der Waals surface area contributed by atoms with Gasteiger partial charge in [0.2, 0.25) is 0 Å². The van der Waals surface area contributed by atoms with Crippen LogP contribution >= 0.6 is 0 Å². The number of fused-ring (bicyclic) bond motifs is 4. The number of allylic oxidation sites excluding steroid dienone is 1. The first kappa shape index (κ1) is 17.8. The lowest BCUT2D eigenvalue weighted by atomic mass is 9.76. The Hall–Kier alpha value is -3.27. The summed E-state index contributed by atoms with van der Waals surface area (Å²) in [5, 5.41) is 6.03. The third-order valence-electron chi connectivity index (χ3n) is 6.02. The third-order valence-corrected chi connectivity index (χ3v) is 6.02. The number of nitrogens with one attached hydrogen (secondary N) is 1. The Kier molecular flexibility index (Phi) is 4.27. The van der Waals surface area contributed by atoms with Crippen LogP contribution in [0.5, 0.6) is 11.5 Å². The molecular weight excluding hydrogens is 362 g/mol. The summed E-state index contributed by atoms with van der Waals surface area (Å²) in [6, 6.07) is 18.1. The molecular formula is C25H23NO3. The number of ether oxygens (including phenoxy) is 2. The quantitative estimate of drug-likeness (QED) is 0.644. The molecule has 1 aliphatic heterocycles. The van der Waals surface area contributed by atoms with E-state index >= 15 is 0 Å². The van der Waals surface area contributed by atoms with Gasteiger partial charge in [-0.1, -0.05) is 30.3 Å². The highest BCUT2D eigenvalue weighted by Gasteiger charge is 2.36. The molecule has 3 aromatic carbocycles. The zero-order valence-electron chi connectivity index (χ0n) is 16.6. The van der Waals surface area contributed by atoms with E-state index in [4.69, 9.17) is 9.47 Å². The molecule has 0 radical (unpaired) electrons. The second kappa shape index (κ2) is 6.96. The second-order valence-corrected chi connectivity index (χ2v) is 7.56. The standard InChI is InChI=1S/C25H23NO3/c1-28-16-11-13-22(29-2)19(14-16)25-24-18(8-5-9-21(24)27)23-17-7-4-3-6-15(17)10-12-20(23)26-25/h3-4,6-7,10-14,25-26H,5,8-9H2,1-2H3/t25-/m1/s1. The lowest BCUT2D eigenvalue weighted by Gasteiger charge is -2.35. The van der Waals surface area contributed by atoms with Crippen LogP contribution in [0, 0.1) is 0 Å². The maximum absolute atomic E-state index is 13.1. The van der Waals surface area contributed by atoms with Gasteiger partial charge in [-0.2, -0.15) is 0 Å². The Morgan fingerprint density at radius 1 is 0.966 bits per heavy atom. The van der Waals surface area contributed by atoms with Crippen molar-refractivity contribution in [2.24, 2.45) is 0 Å². The molecule has 0 amide bonds. The molecule has 4 nitrogen and oxygen atoms in total. The summed E-state index contributed by atoms with van der Waals surface area (Å²) in [5.41, 5.74) is 5.19. The van der Waals surface area contributed by atoms with E-state index in [1.54, 1.807) is 14.2 Å². The number of hydrogen-bond acceptors (Lipinski definition) is 4. The maximum atomic E-state index is 13.1. The highest BCUT2D eigenvalue weighted by Crippen LogP contribution is 2.49. The average Bonchev–Trinajstić information content (AvgIpc) is 2.77. The van der Waals surface area contributed by atoms with Crippen molar-refractivity contribution >= 4 is 27.8 Å². The summed E-state index contributed by atoms with van der Waals surface area (Å²) in [7, 11) is 3.31. The minimum atomic E-state index is -0.253. The highest BCUT2D eigenvalue weighted by molar-refractivity contribution is 6.12.